The van der Waals surface area contributed by atoms with Crippen LogP contribution in [0.5, 0.6) is 5.75 Å². The molecule has 5 nitrogen and oxygen atoms in total. The maximum Gasteiger partial charge on any atom is 0.263 e. The Balaban J connectivity index is 1.53. The second kappa shape index (κ2) is 6.57. The van der Waals surface area contributed by atoms with Crippen molar-refractivity contribution in [2.24, 2.45) is 0 Å². The van der Waals surface area contributed by atoms with Gasteiger partial charge in [0.25, 0.3) is 5.91 Å². The van der Waals surface area contributed by atoms with Crippen LogP contribution in [-0.4, -0.2) is 40.0 Å². The summed E-state index contributed by atoms with van der Waals surface area (Å²) >= 11 is 6.41. The van der Waals surface area contributed by atoms with Gasteiger partial charge in [0.05, 0.1) is 0 Å². The van der Waals surface area contributed by atoms with Crippen LogP contribution in [0.25, 0.3) is 22.2 Å². The molecule has 138 valence electrons. The van der Waals surface area contributed by atoms with E-state index in [4.69, 9.17) is 16.3 Å². The van der Waals surface area contributed by atoms with Crippen LogP contribution in [0.4, 0.5) is 0 Å². The third-order valence-corrected chi connectivity index (χ3v) is 5.71. The summed E-state index contributed by atoms with van der Waals surface area (Å²) in [6.07, 6.45) is 7.10. The predicted molar refractivity (Wildman–Crippen MR) is 105 cm³/mol. The summed E-state index contributed by atoms with van der Waals surface area (Å²) in [4.78, 5) is 22.4. The largest absolute Gasteiger partial charge is 0.479 e. The number of carbonyl (C=O) groups is 1. The molecule has 27 heavy (non-hydrogen) atoms. The fraction of sp³-hybridized carbons (Fsp3) is 0.333. The first-order chi connectivity index (χ1) is 13.2. The van der Waals surface area contributed by atoms with E-state index in [1.165, 1.54) is 6.42 Å². The molecule has 4 heterocycles. The molecular formula is C21H20ClN3O2. The van der Waals surface area contributed by atoms with E-state index in [-0.39, 0.29) is 5.91 Å². The third-order valence-electron chi connectivity index (χ3n) is 5.49. The predicted octanol–water partition coefficient (Wildman–Crippen LogP) is 4.20. The van der Waals surface area contributed by atoms with E-state index in [0.29, 0.717) is 11.4 Å². The maximum absolute atomic E-state index is 12.9. The number of halogens is 1. The van der Waals surface area contributed by atoms with E-state index in [2.05, 4.69) is 9.97 Å². The lowest BCUT2D eigenvalue weighted by Gasteiger charge is -2.28. The monoisotopic (exact) mass is 381 g/mol. The Kier molecular flexibility index (Phi) is 4.05. The SMILES string of the molecule is O=C(C1Cc2cc(Cl)cc(-c3ccnc4[nH]ccc34)c2O1)N1CCCCC1. The Labute approximate surface area is 162 Å². The van der Waals surface area contributed by atoms with Crippen LogP contribution in [0.2, 0.25) is 5.02 Å². The van der Waals surface area contributed by atoms with Gasteiger partial charge in [-0.15, -0.1) is 0 Å². The fourth-order valence-corrected chi connectivity index (χ4v) is 4.42. The molecule has 3 aromatic rings. The van der Waals surface area contributed by atoms with E-state index in [9.17, 15) is 4.79 Å². The standard InChI is InChI=1S/C21H20ClN3O2/c22-14-10-13-11-18(21(26)25-8-2-1-3-9-25)27-19(13)17(12-14)15-4-6-23-20-16(15)5-7-24-20/h4-7,10,12,18H,1-3,8-9,11H2,(H,23,24). The van der Waals surface area contributed by atoms with Crippen molar-refractivity contribution in [2.75, 3.05) is 13.1 Å². The number of ether oxygens (including phenoxy) is 1. The Morgan fingerprint density at radius 3 is 2.89 bits per heavy atom. The van der Waals surface area contributed by atoms with Gasteiger partial charge < -0.3 is 14.6 Å². The number of fused-ring (bicyclic) bond motifs is 2. The second-order valence-electron chi connectivity index (χ2n) is 7.24. The molecule has 5 rings (SSSR count). The number of aromatic nitrogens is 2. The first-order valence-corrected chi connectivity index (χ1v) is 9.79. The van der Waals surface area contributed by atoms with Gasteiger partial charge in [-0.2, -0.15) is 0 Å². The molecule has 2 aliphatic heterocycles. The van der Waals surface area contributed by atoms with Crippen molar-refractivity contribution in [3.8, 4) is 16.9 Å². The molecule has 1 saturated heterocycles. The maximum atomic E-state index is 12.9. The molecule has 0 saturated carbocycles. The van der Waals surface area contributed by atoms with Crippen LogP contribution < -0.4 is 4.74 Å². The number of rotatable bonds is 2. The number of aromatic amines is 1. The van der Waals surface area contributed by atoms with Gasteiger partial charge in [-0.1, -0.05) is 11.6 Å². The molecular weight excluding hydrogens is 362 g/mol. The summed E-state index contributed by atoms with van der Waals surface area (Å²) in [5, 5.41) is 1.66. The van der Waals surface area contributed by atoms with Crippen LogP contribution in [0.1, 0.15) is 24.8 Å². The summed E-state index contributed by atoms with van der Waals surface area (Å²) < 4.78 is 6.21. The average Bonchev–Trinajstić information content (AvgIpc) is 3.34. The topological polar surface area (TPSA) is 58.2 Å². The molecule has 2 aromatic heterocycles. The van der Waals surface area contributed by atoms with Gasteiger partial charge in [-0.05, 0) is 49.1 Å². The van der Waals surface area contributed by atoms with Gasteiger partial charge in [-0.3, -0.25) is 4.79 Å². The van der Waals surface area contributed by atoms with Crippen molar-refractivity contribution in [3.05, 3.63) is 47.2 Å². The molecule has 0 aliphatic carbocycles. The molecule has 1 atom stereocenters. The Morgan fingerprint density at radius 1 is 1.19 bits per heavy atom. The fourth-order valence-electron chi connectivity index (χ4n) is 4.18. The summed E-state index contributed by atoms with van der Waals surface area (Å²) in [5.41, 5.74) is 3.73. The lowest BCUT2D eigenvalue weighted by atomic mass is 9.99. The van der Waals surface area contributed by atoms with E-state index in [1.54, 1.807) is 6.20 Å². The van der Waals surface area contributed by atoms with Gasteiger partial charge in [0.1, 0.15) is 11.4 Å². The smallest absolute Gasteiger partial charge is 0.263 e. The van der Waals surface area contributed by atoms with Crippen molar-refractivity contribution < 1.29 is 9.53 Å². The minimum Gasteiger partial charge on any atom is -0.479 e. The van der Waals surface area contributed by atoms with Crippen LogP contribution in [-0.2, 0) is 11.2 Å². The summed E-state index contributed by atoms with van der Waals surface area (Å²) in [5.74, 6) is 0.859. The zero-order chi connectivity index (χ0) is 18.4. The zero-order valence-electron chi connectivity index (χ0n) is 14.9. The minimum atomic E-state index is -0.459. The Hall–Kier alpha value is -2.53. The highest BCUT2D eigenvalue weighted by atomic mass is 35.5. The van der Waals surface area contributed by atoms with Crippen molar-refractivity contribution in [2.45, 2.75) is 31.8 Å². The molecule has 1 N–H and O–H groups in total. The highest BCUT2D eigenvalue weighted by Crippen LogP contribution is 2.43. The highest BCUT2D eigenvalue weighted by Gasteiger charge is 2.35. The minimum absolute atomic E-state index is 0.0921. The second-order valence-corrected chi connectivity index (χ2v) is 7.67. The van der Waals surface area contributed by atoms with Gasteiger partial charge in [0, 0.05) is 53.4 Å². The summed E-state index contributed by atoms with van der Waals surface area (Å²) in [7, 11) is 0. The van der Waals surface area contributed by atoms with Crippen LogP contribution in [0.3, 0.4) is 0 Å². The van der Waals surface area contributed by atoms with Crippen LogP contribution in [0, 0.1) is 0 Å². The van der Waals surface area contributed by atoms with E-state index in [0.717, 1.165) is 59.4 Å². The number of piperidine rings is 1. The first-order valence-electron chi connectivity index (χ1n) is 9.41. The average molecular weight is 382 g/mol. The number of likely N-dealkylation sites (tertiary alicyclic amines) is 1. The summed E-state index contributed by atoms with van der Waals surface area (Å²) in [6.45, 7) is 1.66. The van der Waals surface area contributed by atoms with Crippen LogP contribution in [0.15, 0.2) is 36.7 Å². The number of hydrogen-bond donors (Lipinski definition) is 1. The third kappa shape index (κ3) is 2.86. The molecule has 1 fully saturated rings. The number of nitrogens with one attached hydrogen (secondary N) is 1. The number of hydrogen-bond acceptors (Lipinski definition) is 3. The van der Waals surface area contributed by atoms with Gasteiger partial charge in [0.15, 0.2) is 6.10 Å². The molecule has 6 heteroatoms. The van der Waals surface area contributed by atoms with E-state index < -0.39 is 6.10 Å². The zero-order valence-corrected chi connectivity index (χ0v) is 15.6. The highest BCUT2D eigenvalue weighted by molar-refractivity contribution is 6.31. The number of pyridine rings is 1. The van der Waals surface area contributed by atoms with Crippen molar-refractivity contribution in [1.82, 2.24) is 14.9 Å². The molecule has 0 radical (unpaired) electrons. The van der Waals surface area contributed by atoms with Crippen molar-refractivity contribution >= 4 is 28.5 Å². The number of nitrogens with zero attached hydrogens (tertiary/aromatic N) is 2. The van der Waals surface area contributed by atoms with Crippen molar-refractivity contribution in [3.63, 3.8) is 0 Å². The number of H-pyrrole nitrogens is 1. The van der Waals surface area contributed by atoms with Gasteiger partial charge in [-0.25, -0.2) is 4.98 Å². The quantitative estimate of drug-likeness (QED) is 0.723. The molecule has 0 spiro atoms. The van der Waals surface area contributed by atoms with E-state index >= 15 is 0 Å². The summed E-state index contributed by atoms with van der Waals surface area (Å²) in [6, 6.07) is 7.79. The first kappa shape index (κ1) is 16.6. The molecule has 1 unspecified atom stereocenters. The van der Waals surface area contributed by atoms with Gasteiger partial charge in [0.2, 0.25) is 0 Å². The number of carbonyl (C=O) groups excluding carboxylic acids is 1. The molecule has 2 aliphatic rings. The lowest BCUT2D eigenvalue weighted by Crippen LogP contribution is -2.43. The molecule has 1 amide bonds. The number of benzene rings is 1. The lowest BCUT2D eigenvalue weighted by molar-refractivity contribution is -0.138. The van der Waals surface area contributed by atoms with Crippen molar-refractivity contribution in [1.29, 1.82) is 0 Å². The van der Waals surface area contributed by atoms with Crippen LogP contribution >= 0.6 is 11.6 Å². The van der Waals surface area contributed by atoms with E-state index in [1.807, 2.05) is 35.4 Å². The molecule has 1 aromatic carbocycles. The van der Waals surface area contributed by atoms with Gasteiger partial charge >= 0.3 is 0 Å². The Morgan fingerprint density at radius 2 is 2.04 bits per heavy atom. The molecule has 0 bridgehead atoms. The normalized spacial score (nSPS) is 19.1. The number of amides is 1. The Bertz CT molecular complexity index is 1020.